The van der Waals surface area contributed by atoms with Crippen molar-refractivity contribution in [2.24, 2.45) is 0 Å². The molecule has 3 heteroatoms. The van der Waals surface area contributed by atoms with E-state index in [0.717, 1.165) is 5.56 Å². The smallest absolute Gasteiger partial charge is 0.136 e. The molecule has 0 fully saturated rings. The van der Waals surface area contributed by atoms with Crippen molar-refractivity contribution in [1.29, 1.82) is 5.26 Å². The summed E-state index contributed by atoms with van der Waals surface area (Å²) in [6.07, 6.45) is 0.201. The second-order valence-corrected chi connectivity index (χ2v) is 3.51. The molecule has 0 radical (unpaired) electrons. The van der Waals surface area contributed by atoms with E-state index in [2.05, 4.69) is 6.07 Å². The van der Waals surface area contributed by atoms with Crippen LogP contribution in [0.15, 0.2) is 18.2 Å². The van der Waals surface area contributed by atoms with Gasteiger partial charge in [0.15, 0.2) is 0 Å². The second-order valence-electron chi connectivity index (χ2n) is 3.51. The van der Waals surface area contributed by atoms with Crippen molar-refractivity contribution >= 4 is 0 Å². The average Bonchev–Trinajstić information content (AvgIpc) is 2.25. The summed E-state index contributed by atoms with van der Waals surface area (Å²) >= 11 is 0. The number of benzene rings is 1. The summed E-state index contributed by atoms with van der Waals surface area (Å²) in [4.78, 5) is 0. The molecule has 0 aliphatic rings. The third kappa shape index (κ3) is 3.26. The van der Waals surface area contributed by atoms with Crippen LogP contribution < -0.4 is 4.74 Å². The molecule has 0 bridgehead atoms. The Morgan fingerprint density at radius 1 is 1.40 bits per heavy atom. The van der Waals surface area contributed by atoms with Crippen molar-refractivity contribution in [2.75, 3.05) is 7.11 Å². The van der Waals surface area contributed by atoms with Gasteiger partial charge < -0.3 is 9.47 Å². The third-order valence-corrected chi connectivity index (χ3v) is 1.97. The highest BCUT2D eigenvalue weighted by Gasteiger charge is 2.04. The highest BCUT2D eigenvalue weighted by molar-refractivity contribution is 5.45. The zero-order valence-electron chi connectivity index (χ0n) is 9.28. The highest BCUT2D eigenvalue weighted by atomic mass is 16.5. The molecular weight excluding hydrogens is 190 g/mol. The summed E-state index contributed by atoms with van der Waals surface area (Å²) in [5.41, 5.74) is 1.56. The first-order chi connectivity index (χ1) is 7.17. The quantitative estimate of drug-likeness (QED) is 0.758. The summed E-state index contributed by atoms with van der Waals surface area (Å²) in [5.74, 6) is 0.599. The van der Waals surface area contributed by atoms with E-state index in [0.29, 0.717) is 17.9 Å². The molecule has 0 spiro atoms. The van der Waals surface area contributed by atoms with Gasteiger partial charge in [-0.15, -0.1) is 0 Å². The van der Waals surface area contributed by atoms with Gasteiger partial charge in [-0.05, 0) is 31.5 Å². The zero-order chi connectivity index (χ0) is 11.3. The van der Waals surface area contributed by atoms with Crippen LogP contribution in [-0.2, 0) is 11.3 Å². The van der Waals surface area contributed by atoms with Crippen molar-refractivity contribution < 1.29 is 9.47 Å². The number of nitriles is 1. The van der Waals surface area contributed by atoms with E-state index in [9.17, 15) is 0 Å². The van der Waals surface area contributed by atoms with Crippen LogP contribution in [-0.4, -0.2) is 13.2 Å². The van der Waals surface area contributed by atoms with Gasteiger partial charge in [-0.2, -0.15) is 5.26 Å². The van der Waals surface area contributed by atoms with E-state index in [-0.39, 0.29) is 6.10 Å². The topological polar surface area (TPSA) is 42.2 Å². The lowest BCUT2D eigenvalue weighted by molar-refractivity contribution is 0.0656. The minimum absolute atomic E-state index is 0.201. The van der Waals surface area contributed by atoms with Gasteiger partial charge in [-0.25, -0.2) is 0 Å². The van der Waals surface area contributed by atoms with E-state index in [1.807, 2.05) is 26.0 Å². The van der Waals surface area contributed by atoms with Gasteiger partial charge in [0.1, 0.15) is 11.8 Å². The fraction of sp³-hybridized carbons (Fsp3) is 0.417. The van der Waals surface area contributed by atoms with Crippen molar-refractivity contribution in [1.82, 2.24) is 0 Å². The molecule has 0 saturated carbocycles. The normalized spacial score (nSPS) is 10.1. The van der Waals surface area contributed by atoms with Crippen molar-refractivity contribution in [3.63, 3.8) is 0 Å². The van der Waals surface area contributed by atoms with Gasteiger partial charge in [0.2, 0.25) is 0 Å². The van der Waals surface area contributed by atoms with Crippen LogP contribution in [0.5, 0.6) is 5.75 Å². The van der Waals surface area contributed by atoms with E-state index in [4.69, 9.17) is 14.7 Å². The molecule has 0 saturated heterocycles. The Balaban J connectivity index is 2.80. The number of ether oxygens (including phenoxy) is 2. The molecule has 1 aromatic carbocycles. The summed E-state index contributed by atoms with van der Waals surface area (Å²) < 4.78 is 10.6. The minimum Gasteiger partial charge on any atom is -0.495 e. The molecule has 3 nitrogen and oxygen atoms in total. The third-order valence-electron chi connectivity index (χ3n) is 1.97. The first-order valence-corrected chi connectivity index (χ1v) is 4.86. The Morgan fingerprint density at radius 3 is 2.67 bits per heavy atom. The highest BCUT2D eigenvalue weighted by Crippen LogP contribution is 2.19. The van der Waals surface area contributed by atoms with Gasteiger partial charge >= 0.3 is 0 Å². The van der Waals surface area contributed by atoms with Crippen LogP contribution in [0.4, 0.5) is 0 Å². The molecule has 0 aliphatic heterocycles. The largest absolute Gasteiger partial charge is 0.495 e. The predicted octanol–water partition coefficient (Wildman–Crippen LogP) is 2.49. The fourth-order valence-electron chi connectivity index (χ4n) is 1.18. The summed E-state index contributed by atoms with van der Waals surface area (Å²) in [6, 6.07) is 7.53. The van der Waals surface area contributed by atoms with Gasteiger partial charge in [0.25, 0.3) is 0 Å². The number of hydrogen-bond acceptors (Lipinski definition) is 3. The van der Waals surface area contributed by atoms with Crippen LogP contribution in [0.25, 0.3) is 0 Å². The molecule has 1 aromatic rings. The van der Waals surface area contributed by atoms with Crippen molar-refractivity contribution in [3.8, 4) is 11.8 Å². The average molecular weight is 205 g/mol. The van der Waals surface area contributed by atoms with Gasteiger partial charge in [0.05, 0.1) is 25.4 Å². The molecule has 15 heavy (non-hydrogen) atoms. The van der Waals surface area contributed by atoms with Crippen molar-refractivity contribution in [2.45, 2.75) is 26.6 Å². The van der Waals surface area contributed by atoms with E-state index < -0.39 is 0 Å². The van der Waals surface area contributed by atoms with E-state index in [1.54, 1.807) is 13.2 Å². The lowest BCUT2D eigenvalue weighted by atomic mass is 10.1. The molecule has 0 amide bonds. The fourth-order valence-corrected chi connectivity index (χ4v) is 1.18. The SMILES string of the molecule is COc1cc(COC(C)C)ccc1C#N. The maximum atomic E-state index is 8.80. The van der Waals surface area contributed by atoms with Crippen molar-refractivity contribution in [3.05, 3.63) is 29.3 Å². The van der Waals surface area contributed by atoms with Crippen LogP contribution in [0.3, 0.4) is 0 Å². The molecule has 0 atom stereocenters. The number of rotatable bonds is 4. The molecule has 0 aliphatic carbocycles. The van der Waals surface area contributed by atoms with Crippen LogP contribution in [0.1, 0.15) is 25.0 Å². The molecule has 0 unspecified atom stereocenters. The zero-order valence-corrected chi connectivity index (χ0v) is 9.28. The molecular formula is C12H15NO2. The Morgan fingerprint density at radius 2 is 2.13 bits per heavy atom. The summed E-state index contributed by atoms with van der Waals surface area (Å²) in [5, 5.41) is 8.80. The lowest BCUT2D eigenvalue weighted by Gasteiger charge is -2.09. The predicted molar refractivity (Wildman–Crippen MR) is 57.6 cm³/mol. The standard InChI is InChI=1S/C12H15NO2/c1-9(2)15-8-10-4-5-11(7-13)12(6-10)14-3/h4-6,9H,8H2,1-3H3. The molecule has 80 valence electrons. The molecule has 0 N–H and O–H groups in total. The van der Waals surface area contributed by atoms with Gasteiger partial charge in [0, 0.05) is 0 Å². The summed E-state index contributed by atoms with van der Waals surface area (Å²) in [7, 11) is 1.56. The van der Waals surface area contributed by atoms with Crippen LogP contribution >= 0.6 is 0 Å². The second kappa shape index (κ2) is 5.38. The lowest BCUT2D eigenvalue weighted by Crippen LogP contribution is -2.02. The molecule has 0 heterocycles. The number of methoxy groups -OCH3 is 1. The molecule has 1 rings (SSSR count). The Bertz CT molecular complexity index is 366. The molecule has 0 aromatic heterocycles. The number of hydrogen-bond donors (Lipinski definition) is 0. The van der Waals surface area contributed by atoms with Crippen LogP contribution in [0, 0.1) is 11.3 Å². The van der Waals surface area contributed by atoms with Crippen LogP contribution in [0.2, 0.25) is 0 Å². The Kier molecular flexibility index (Phi) is 4.14. The number of nitrogens with zero attached hydrogens (tertiary/aromatic N) is 1. The first kappa shape index (κ1) is 11.5. The Labute approximate surface area is 90.2 Å². The maximum Gasteiger partial charge on any atom is 0.136 e. The monoisotopic (exact) mass is 205 g/mol. The van der Waals surface area contributed by atoms with E-state index in [1.165, 1.54) is 0 Å². The van der Waals surface area contributed by atoms with Gasteiger partial charge in [-0.1, -0.05) is 6.07 Å². The van der Waals surface area contributed by atoms with E-state index >= 15 is 0 Å². The minimum atomic E-state index is 0.201. The van der Waals surface area contributed by atoms with Gasteiger partial charge in [-0.3, -0.25) is 0 Å². The Hall–Kier alpha value is -1.53. The first-order valence-electron chi connectivity index (χ1n) is 4.86. The summed E-state index contributed by atoms with van der Waals surface area (Å²) in [6.45, 7) is 4.52. The maximum absolute atomic E-state index is 8.80.